The van der Waals surface area contributed by atoms with E-state index < -0.39 is 11.9 Å². The molecule has 0 aliphatic carbocycles. The van der Waals surface area contributed by atoms with E-state index in [0.717, 1.165) is 17.3 Å². The number of hydrogen-bond donors (Lipinski definition) is 1. The van der Waals surface area contributed by atoms with Gasteiger partial charge in [0.05, 0.1) is 12.4 Å². The summed E-state index contributed by atoms with van der Waals surface area (Å²) in [5.41, 5.74) is 2.13. The van der Waals surface area contributed by atoms with Crippen molar-refractivity contribution < 1.29 is 19.4 Å². The Morgan fingerprint density at radius 3 is 2.90 bits per heavy atom. The van der Waals surface area contributed by atoms with Crippen molar-refractivity contribution in [3.63, 3.8) is 0 Å². The highest BCUT2D eigenvalue weighted by Crippen LogP contribution is 2.24. The minimum atomic E-state index is -0.945. The van der Waals surface area contributed by atoms with Crippen molar-refractivity contribution in [2.24, 2.45) is 0 Å². The highest BCUT2D eigenvalue weighted by atomic mass is 32.2. The lowest BCUT2D eigenvalue weighted by Crippen LogP contribution is -2.15. The van der Waals surface area contributed by atoms with Crippen LogP contribution in [0.1, 0.15) is 12.5 Å². The standard InChI is InChI=1S/C13H15N3O4S/c1-3-20-10(19)6-16-12-11(8(2)4-5-14-12)15-13(16)21-7-9(17)18/h4-5H,3,6-7H2,1-2H3,(H,17,18). The maximum Gasteiger partial charge on any atom is 0.326 e. The number of esters is 1. The van der Waals surface area contributed by atoms with Crippen LogP contribution in [0.5, 0.6) is 0 Å². The van der Waals surface area contributed by atoms with Crippen molar-refractivity contribution in [3.8, 4) is 0 Å². The van der Waals surface area contributed by atoms with Crippen molar-refractivity contribution in [2.75, 3.05) is 12.4 Å². The number of nitrogens with zero attached hydrogens (tertiary/aromatic N) is 3. The molecular weight excluding hydrogens is 294 g/mol. The number of thioether (sulfide) groups is 1. The second-order valence-electron chi connectivity index (χ2n) is 4.27. The van der Waals surface area contributed by atoms with Crippen LogP contribution in [-0.4, -0.2) is 43.9 Å². The van der Waals surface area contributed by atoms with Crippen LogP contribution < -0.4 is 0 Å². The van der Waals surface area contributed by atoms with Gasteiger partial charge in [0.25, 0.3) is 0 Å². The van der Waals surface area contributed by atoms with Crippen molar-refractivity contribution in [2.45, 2.75) is 25.5 Å². The summed E-state index contributed by atoms with van der Waals surface area (Å²) in [6.45, 7) is 3.86. The molecule has 0 aliphatic rings. The summed E-state index contributed by atoms with van der Waals surface area (Å²) in [6.07, 6.45) is 1.63. The number of carbonyl (C=O) groups is 2. The number of fused-ring (bicyclic) bond motifs is 1. The van der Waals surface area contributed by atoms with Gasteiger partial charge < -0.3 is 9.84 Å². The van der Waals surface area contributed by atoms with Gasteiger partial charge in [-0.3, -0.25) is 14.2 Å². The molecule has 21 heavy (non-hydrogen) atoms. The van der Waals surface area contributed by atoms with Crippen molar-refractivity contribution >= 4 is 34.9 Å². The smallest absolute Gasteiger partial charge is 0.326 e. The summed E-state index contributed by atoms with van der Waals surface area (Å²) >= 11 is 1.05. The number of hydrogen-bond acceptors (Lipinski definition) is 6. The third-order valence-corrected chi connectivity index (χ3v) is 3.68. The lowest BCUT2D eigenvalue weighted by atomic mass is 10.3. The van der Waals surface area contributed by atoms with Crippen molar-refractivity contribution in [1.29, 1.82) is 0 Å². The largest absolute Gasteiger partial charge is 0.481 e. The van der Waals surface area contributed by atoms with E-state index in [1.807, 2.05) is 13.0 Å². The van der Waals surface area contributed by atoms with E-state index in [1.54, 1.807) is 17.7 Å². The fourth-order valence-corrected chi connectivity index (χ4v) is 2.55. The maximum atomic E-state index is 11.7. The topological polar surface area (TPSA) is 94.3 Å². The quantitative estimate of drug-likeness (QED) is 0.638. The Kier molecular flexibility index (Phi) is 4.79. The number of aromatic nitrogens is 3. The molecule has 7 nitrogen and oxygen atoms in total. The van der Waals surface area contributed by atoms with Crippen molar-refractivity contribution in [1.82, 2.24) is 14.5 Å². The second kappa shape index (κ2) is 6.57. The van der Waals surface area contributed by atoms with Crippen LogP contribution in [0.25, 0.3) is 11.2 Å². The van der Waals surface area contributed by atoms with E-state index in [0.29, 0.717) is 16.3 Å². The van der Waals surface area contributed by atoms with E-state index >= 15 is 0 Å². The molecule has 112 valence electrons. The summed E-state index contributed by atoms with van der Waals surface area (Å²) < 4.78 is 6.53. The summed E-state index contributed by atoms with van der Waals surface area (Å²) in [7, 11) is 0. The first-order valence-corrected chi connectivity index (χ1v) is 7.33. The number of aryl methyl sites for hydroxylation is 1. The van der Waals surface area contributed by atoms with E-state index in [-0.39, 0.29) is 18.9 Å². The Hall–Kier alpha value is -2.09. The Morgan fingerprint density at radius 1 is 1.48 bits per heavy atom. The third kappa shape index (κ3) is 3.52. The zero-order chi connectivity index (χ0) is 15.4. The predicted molar refractivity (Wildman–Crippen MR) is 77.3 cm³/mol. The van der Waals surface area contributed by atoms with Gasteiger partial charge in [-0.15, -0.1) is 0 Å². The van der Waals surface area contributed by atoms with Crippen LogP contribution in [0.3, 0.4) is 0 Å². The first kappa shape index (κ1) is 15.3. The molecule has 0 atom stereocenters. The minimum Gasteiger partial charge on any atom is -0.481 e. The molecular formula is C13H15N3O4S. The summed E-state index contributed by atoms with van der Waals surface area (Å²) in [6, 6.07) is 1.82. The molecule has 2 aromatic heterocycles. The summed E-state index contributed by atoms with van der Waals surface area (Å²) in [5, 5.41) is 9.24. The lowest BCUT2D eigenvalue weighted by molar-refractivity contribution is -0.143. The van der Waals surface area contributed by atoms with Crippen LogP contribution in [0.4, 0.5) is 0 Å². The molecule has 2 heterocycles. The Bertz CT molecular complexity index is 683. The zero-order valence-corrected chi connectivity index (χ0v) is 12.5. The average Bonchev–Trinajstić information content (AvgIpc) is 2.76. The Morgan fingerprint density at radius 2 is 2.24 bits per heavy atom. The highest BCUT2D eigenvalue weighted by Gasteiger charge is 2.17. The van der Waals surface area contributed by atoms with Gasteiger partial charge in [-0.1, -0.05) is 11.8 Å². The molecule has 1 N–H and O–H groups in total. The van der Waals surface area contributed by atoms with E-state index in [4.69, 9.17) is 9.84 Å². The fourth-order valence-electron chi connectivity index (χ4n) is 1.83. The number of carboxylic acid groups (broad SMARTS) is 1. The zero-order valence-electron chi connectivity index (χ0n) is 11.7. The van der Waals surface area contributed by atoms with Gasteiger partial charge in [0, 0.05) is 6.20 Å². The molecule has 8 heteroatoms. The van der Waals surface area contributed by atoms with Gasteiger partial charge in [0.1, 0.15) is 12.1 Å². The monoisotopic (exact) mass is 309 g/mol. The van der Waals surface area contributed by atoms with Crippen molar-refractivity contribution in [3.05, 3.63) is 17.8 Å². The van der Waals surface area contributed by atoms with Crippen LogP contribution >= 0.6 is 11.8 Å². The van der Waals surface area contributed by atoms with E-state index in [9.17, 15) is 9.59 Å². The maximum absolute atomic E-state index is 11.7. The van der Waals surface area contributed by atoms with Gasteiger partial charge >= 0.3 is 11.9 Å². The van der Waals surface area contributed by atoms with Gasteiger partial charge in [-0.25, -0.2) is 9.97 Å². The molecule has 2 rings (SSSR count). The van der Waals surface area contributed by atoms with Gasteiger partial charge in [-0.05, 0) is 25.5 Å². The molecule has 0 aliphatic heterocycles. The van der Waals surface area contributed by atoms with E-state index in [1.165, 1.54) is 0 Å². The second-order valence-corrected chi connectivity index (χ2v) is 5.21. The van der Waals surface area contributed by atoms with Gasteiger partial charge in [0.15, 0.2) is 10.8 Å². The number of carbonyl (C=O) groups excluding carboxylic acids is 1. The molecule has 0 bridgehead atoms. The average molecular weight is 309 g/mol. The summed E-state index contributed by atoms with van der Waals surface area (Å²) in [4.78, 5) is 31.1. The Labute approximate surface area is 125 Å². The molecule has 0 saturated heterocycles. The SMILES string of the molecule is CCOC(=O)Cn1c(SCC(=O)O)nc2c(C)ccnc21. The third-order valence-electron chi connectivity index (χ3n) is 2.72. The number of ether oxygens (including phenoxy) is 1. The molecule has 0 spiro atoms. The molecule has 0 saturated carbocycles. The number of pyridine rings is 1. The molecule has 2 aromatic rings. The van der Waals surface area contributed by atoms with Gasteiger partial charge in [-0.2, -0.15) is 0 Å². The molecule has 0 unspecified atom stereocenters. The minimum absolute atomic E-state index is 0.0389. The number of rotatable bonds is 6. The number of carboxylic acids is 1. The summed E-state index contributed by atoms with van der Waals surface area (Å²) in [5.74, 6) is -1.48. The number of imidazole rings is 1. The first-order chi connectivity index (χ1) is 10.0. The predicted octanol–water partition coefficient (Wildman–Crippen LogP) is 1.48. The molecule has 0 aromatic carbocycles. The number of aliphatic carboxylic acids is 1. The lowest BCUT2D eigenvalue weighted by Gasteiger charge is -2.07. The van der Waals surface area contributed by atoms with Crippen LogP contribution in [0.2, 0.25) is 0 Å². The fraction of sp³-hybridized carbons (Fsp3) is 0.385. The molecule has 0 amide bonds. The molecule has 0 fully saturated rings. The Balaban J connectivity index is 2.42. The molecule has 0 radical (unpaired) electrons. The van der Waals surface area contributed by atoms with Crippen LogP contribution in [0.15, 0.2) is 17.4 Å². The van der Waals surface area contributed by atoms with E-state index in [2.05, 4.69) is 9.97 Å². The van der Waals surface area contributed by atoms with Crippen LogP contribution in [0, 0.1) is 6.92 Å². The van der Waals surface area contributed by atoms with Crippen LogP contribution in [-0.2, 0) is 20.9 Å². The normalized spacial score (nSPS) is 10.8. The first-order valence-electron chi connectivity index (χ1n) is 6.35. The van der Waals surface area contributed by atoms with Gasteiger partial charge in [0.2, 0.25) is 0 Å². The highest BCUT2D eigenvalue weighted by molar-refractivity contribution is 7.99.